The van der Waals surface area contributed by atoms with Gasteiger partial charge in [0.25, 0.3) is 0 Å². The lowest BCUT2D eigenvalue weighted by molar-refractivity contribution is 0.0988. The van der Waals surface area contributed by atoms with E-state index in [9.17, 15) is 4.79 Å². The third kappa shape index (κ3) is 3.67. The van der Waals surface area contributed by atoms with Crippen LogP contribution in [0.3, 0.4) is 0 Å². The molecule has 1 aromatic carbocycles. The minimum absolute atomic E-state index is 0.182. The molecule has 3 heteroatoms. The van der Waals surface area contributed by atoms with Crippen LogP contribution >= 0.6 is 11.8 Å². The molecule has 0 saturated heterocycles. The fraction of sp³-hybridized carbons (Fsp3) is 0.250. The summed E-state index contributed by atoms with van der Waals surface area (Å²) in [7, 11) is 0. The minimum Gasteiger partial charge on any atom is -0.294 e. The number of nitrogens with zero attached hydrogens (tertiary/aromatic N) is 1. The highest BCUT2D eigenvalue weighted by molar-refractivity contribution is 7.99. The molecule has 2 aromatic rings. The molecule has 1 heterocycles. The summed E-state index contributed by atoms with van der Waals surface area (Å²) in [6.45, 7) is 5.95. The van der Waals surface area contributed by atoms with Gasteiger partial charge in [-0.15, -0.1) is 0 Å². The number of hydrogen-bond donors (Lipinski definition) is 0. The fourth-order valence-electron chi connectivity index (χ4n) is 1.89. The number of rotatable bonds is 4. The van der Waals surface area contributed by atoms with Crippen LogP contribution in [0.1, 0.15) is 35.0 Å². The molecule has 19 heavy (non-hydrogen) atoms. The van der Waals surface area contributed by atoms with E-state index in [1.54, 1.807) is 11.8 Å². The van der Waals surface area contributed by atoms with Crippen LogP contribution in [0.5, 0.6) is 0 Å². The second kappa shape index (κ2) is 6.02. The predicted molar refractivity (Wildman–Crippen MR) is 78.9 cm³/mol. The van der Waals surface area contributed by atoms with Crippen molar-refractivity contribution in [3.05, 3.63) is 53.2 Å². The highest BCUT2D eigenvalue weighted by Crippen LogP contribution is 2.27. The van der Waals surface area contributed by atoms with E-state index in [2.05, 4.69) is 24.0 Å². The Morgan fingerprint density at radius 3 is 2.42 bits per heavy atom. The summed E-state index contributed by atoms with van der Waals surface area (Å²) in [5.74, 6) is 0.182. The van der Waals surface area contributed by atoms with Gasteiger partial charge in [0.05, 0.1) is 0 Å². The molecule has 98 valence electrons. The third-order valence-corrected chi connectivity index (χ3v) is 3.72. The monoisotopic (exact) mass is 271 g/mol. The van der Waals surface area contributed by atoms with Crippen molar-refractivity contribution in [1.29, 1.82) is 0 Å². The Kier molecular flexibility index (Phi) is 4.38. The van der Waals surface area contributed by atoms with Crippen LogP contribution < -0.4 is 0 Å². The number of ketones is 1. The van der Waals surface area contributed by atoms with Crippen LogP contribution in [-0.2, 0) is 0 Å². The van der Waals surface area contributed by atoms with Gasteiger partial charge in [-0.3, -0.25) is 4.79 Å². The number of benzene rings is 1. The lowest BCUT2D eigenvalue weighted by Crippen LogP contribution is -1.95. The Labute approximate surface area is 118 Å². The summed E-state index contributed by atoms with van der Waals surface area (Å²) in [6, 6.07) is 11.9. The number of pyridine rings is 1. The quantitative estimate of drug-likeness (QED) is 0.770. The molecule has 0 fully saturated rings. The first kappa shape index (κ1) is 13.8. The Bertz CT molecular complexity index is 570. The van der Waals surface area contributed by atoms with Crippen LogP contribution in [-0.4, -0.2) is 10.8 Å². The van der Waals surface area contributed by atoms with Crippen molar-refractivity contribution in [3.63, 3.8) is 0 Å². The van der Waals surface area contributed by atoms with E-state index in [1.165, 1.54) is 5.56 Å². The van der Waals surface area contributed by atoms with Gasteiger partial charge in [-0.25, -0.2) is 4.98 Å². The van der Waals surface area contributed by atoms with E-state index >= 15 is 0 Å². The SMILES string of the molecule is CCC(=O)c1ccc(Sc2cc(C)cc(C)n2)cc1. The molecular formula is C16H17NOS. The number of carbonyl (C=O) groups is 1. The van der Waals surface area contributed by atoms with Gasteiger partial charge in [-0.2, -0.15) is 0 Å². The molecule has 0 aliphatic rings. The first-order chi connectivity index (χ1) is 9.08. The van der Waals surface area contributed by atoms with E-state index in [4.69, 9.17) is 0 Å². The van der Waals surface area contributed by atoms with Crippen LogP contribution in [0.2, 0.25) is 0 Å². The first-order valence-electron chi connectivity index (χ1n) is 6.35. The highest BCUT2D eigenvalue weighted by Gasteiger charge is 2.04. The Hall–Kier alpha value is -1.61. The number of carbonyl (C=O) groups excluding carboxylic acids is 1. The van der Waals surface area contributed by atoms with Gasteiger partial charge in [-0.1, -0.05) is 30.8 Å². The number of Topliss-reactive ketones (excluding diaryl/α,β-unsaturated/α-hetero) is 1. The summed E-state index contributed by atoms with van der Waals surface area (Å²) in [5.41, 5.74) is 3.02. The largest absolute Gasteiger partial charge is 0.294 e. The van der Waals surface area contributed by atoms with Gasteiger partial charge in [-0.05, 0) is 43.7 Å². The zero-order chi connectivity index (χ0) is 13.8. The van der Waals surface area contributed by atoms with Crippen molar-refractivity contribution in [1.82, 2.24) is 4.98 Å². The third-order valence-electron chi connectivity index (χ3n) is 2.79. The molecule has 2 nitrogen and oxygen atoms in total. The minimum atomic E-state index is 0.182. The molecule has 0 saturated carbocycles. The standard InChI is InChI=1S/C16H17NOS/c1-4-15(18)13-5-7-14(8-6-13)19-16-10-11(2)9-12(3)17-16/h5-10H,4H2,1-3H3. The van der Waals surface area contributed by atoms with Crippen molar-refractivity contribution in [3.8, 4) is 0 Å². The lowest BCUT2D eigenvalue weighted by Gasteiger charge is -2.05. The first-order valence-corrected chi connectivity index (χ1v) is 7.16. The summed E-state index contributed by atoms with van der Waals surface area (Å²) >= 11 is 1.62. The molecule has 0 N–H and O–H groups in total. The highest BCUT2D eigenvalue weighted by atomic mass is 32.2. The molecule has 0 aliphatic carbocycles. The van der Waals surface area contributed by atoms with Crippen LogP contribution in [0.4, 0.5) is 0 Å². The van der Waals surface area contributed by atoms with Crippen molar-refractivity contribution < 1.29 is 4.79 Å². The summed E-state index contributed by atoms with van der Waals surface area (Å²) in [5, 5.41) is 0.993. The van der Waals surface area contributed by atoms with Gasteiger partial charge in [0, 0.05) is 22.6 Å². The number of aromatic nitrogens is 1. The van der Waals surface area contributed by atoms with Gasteiger partial charge >= 0.3 is 0 Å². The fourth-order valence-corrected chi connectivity index (χ4v) is 2.84. The van der Waals surface area contributed by atoms with Crippen molar-refractivity contribution >= 4 is 17.5 Å². The molecule has 2 rings (SSSR count). The molecule has 0 bridgehead atoms. The molecule has 0 atom stereocenters. The summed E-state index contributed by atoms with van der Waals surface area (Å²) in [4.78, 5) is 17.2. The second-order valence-corrected chi connectivity index (χ2v) is 5.62. The molecule has 0 unspecified atom stereocenters. The van der Waals surface area contributed by atoms with Crippen molar-refractivity contribution in [2.75, 3.05) is 0 Å². The maximum atomic E-state index is 11.6. The van der Waals surface area contributed by atoms with Crippen molar-refractivity contribution in [2.24, 2.45) is 0 Å². The average Bonchev–Trinajstić information content (AvgIpc) is 2.37. The van der Waals surface area contributed by atoms with Gasteiger partial charge in [0.1, 0.15) is 5.03 Å². The smallest absolute Gasteiger partial charge is 0.162 e. The van der Waals surface area contributed by atoms with E-state index in [0.717, 1.165) is 21.2 Å². The molecular weight excluding hydrogens is 254 g/mol. The summed E-state index contributed by atoms with van der Waals surface area (Å²) in [6.07, 6.45) is 0.547. The van der Waals surface area contributed by atoms with Crippen molar-refractivity contribution in [2.45, 2.75) is 37.1 Å². The van der Waals surface area contributed by atoms with E-state index in [0.29, 0.717) is 6.42 Å². The number of aryl methyl sites for hydroxylation is 2. The topological polar surface area (TPSA) is 30.0 Å². The molecule has 0 spiro atoms. The van der Waals surface area contributed by atoms with Gasteiger partial charge in [0.15, 0.2) is 5.78 Å². The van der Waals surface area contributed by atoms with E-state index in [1.807, 2.05) is 38.1 Å². The van der Waals surface area contributed by atoms with Crippen LogP contribution in [0, 0.1) is 13.8 Å². The predicted octanol–water partition coefficient (Wildman–Crippen LogP) is 4.44. The Morgan fingerprint density at radius 1 is 1.16 bits per heavy atom. The number of hydrogen-bond acceptors (Lipinski definition) is 3. The van der Waals surface area contributed by atoms with E-state index in [-0.39, 0.29) is 5.78 Å². The van der Waals surface area contributed by atoms with Crippen LogP contribution in [0.15, 0.2) is 46.3 Å². The molecule has 0 radical (unpaired) electrons. The van der Waals surface area contributed by atoms with Crippen LogP contribution in [0.25, 0.3) is 0 Å². The zero-order valence-electron chi connectivity index (χ0n) is 11.4. The average molecular weight is 271 g/mol. The summed E-state index contributed by atoms with van der Waals surface area (Å²) < 4.78 is 0. The zero-order valence-corrected chi connectivity index (χ0v) is 12.3. The maximum Gasteiger partial charge on any atom is 0.162 e. The van der Waals surface area contributed by atoms with Gasteiger partial charge in [0.2, 0.25) is 0 Å². The maximum absolute atomic E-state index is 11.6. The second-order valence-electron chi connectivity index (χ2n) is 4.53. The molecule has 0 amide bonds. The van der Waals surface area contributed by atoms with Gasteiger partial charge < -0.3 is 0 Å². The molecule has 0 aliphatic heterocycles. The normalized spacial score (nSPS) is 10.5. The Balaban J connectivity index is 2.17. The lowest BCUT2D eigenvalue weighted by atomic mass is 10.1. The Morgan fingerprint density at radius 2 is 1.84 bits per heavy atom. The van der Waals surface area contributed by atoms with E-state index < -0.39 is 0 Å². The molecule has 1 aromatic heterocycles.